The van der Waals surface area contributed by atoms with Crippen LogP contribution < -0.4 is 4.90 Å². The number of aromatic nitrogens is 4. The third kappa shape index (κ3) is 1.92. The van der Waals surface area contributed by atoms with E-state index >= 15 is 0 Å². The highest BCUT2D eigenvalue weighted by Gasteiger charge is 2.31. The van der Waals surface area contributed by atoms with Crippen LogP contribution in [0.2, 0.25) is 0 Å². The van der Waals surface area contributed by atoms with Crippen LogP contribution in [0.1, 0.15) is 36.1 Å². The standard InChI is InChI=1S/C14H14N6/c15-4-10-5-18-20(6-10)12-7-19(8-12)14-3-13(11-1-2-11)16-9-17-14/h3,5-6,9,11-12H,1-2,7-8H2. The highest BCUT2D eigenvalue weighted by atomic mass is 15.4. The van der Waals surface area contributed by atoms with Crippen molar-refractivity contribution in [2.45, 2.75) is 24.8 Å². The maximum Gasteiger partial charge on any atom is 0.132 e. The highest BCUT2D eigenvalue weighted by Crippen LogP contribution is 2.40. The van der Waals surface area contributed by atoms with Gasteiger partial charge in [0.25, 0.3) is 0 Å². The van der Waals surface area contributed by atoms with Gasteiger partial charge in [0.15, 0.2) is 0 Å². The maximum absolute atomic E-state index is 8.81. The number of nitrogens with zero attached hydrogens (tertiary/aromatic N) is 6. The van der Waals surface area contributed by atoms with Gasteiger partial charge in [-0.2, -0.15) is 10.4 Å². The lowest BCUT2D eigenvalue weighted by Crippen LogP contribution is -2.48. The van der Waals surface area contributed by atoms with Gasteiger partial charge in [0.1, 0.15) is 18.2 Å². The average molecular weight is 266 g/mol. The van der Waals surface area contributed by atoms with Crippen LogP contribution in [0.4, 0.5) is 5.82 Å². The molecule has 6 heteroatoms. The van der Waals surface area contributed by atoms with Crippen LogP contribution in [0.5, 0.6) is 0 Å². The smallest absolute Gasteiger partial charge is 0.132 e. The Bertz CT molecular complexity index is 675. The second-order valence-electron chi connectivity index (χ2n) is 5.45. The molecule has 1 saturated carbocycles. The van der Waals surface area contributed by atoms with E-state index < -0.39 is 0 Å². The monoisotopic (exact) mass is 266 g/mol. The summed E-state index contributed by atoms with van der Waals surface area (Å²) in [5.74, 6) is 1.66. The van der Waals surface area contributed by atoms with Crippen LogP contribution in [0.3, 0.4) is 0 Å². The van der Waals surface area contributed by atoms with Crippen LogP contribution in [0.25, 0.3) is 0 Å². The molecule has 0 atom stereocenters. The van der Waals surface area contributed by atoms with Crippen molar-refractivity contribution in [1.29, 1.82) is 5.26 Å². The Morgan fingerprint density at radius 1 is 1.25 bits per heavy atom. The molecule has 6 nitrogen and oxygen atoms in total. The Balaban J connectivity index is 1.45. The molecule has 2 aliphatic rings. The van der Waals surface area contributed by atoms with Gasteiger partial charge in [-0.05, 0) is 12.8 Å². The summed E-state index contributed by atoms with van der Waals surface area (Å²) in [6.07, 6.45) is 7.58. The molecule has 4 rings (SSSR count). The van der Waals surface area contributed by atoms with Gasteiger partial charge in [0.2, 0.25) is 0 Å². The van der Waals surface area contributed by atoms with Crippen molar-refractivity contribution in [3.05, 3.63) is 36.0 Å². The molecule has 1 aliphatic heterocycles. The topological polar surface area (TPSA) is 70.6 Å². The van der Waals surface area contributed by atoms with Gasteiger partial charge < -0.3 is 4.90 Å². The molecule has 0 radical (unpaired) electrons. The van der Waals surface area contributed by atoms with E-state index in [0.29, 0.717) is 17.5 Å². The molecule has 2 fully saturated rings. The van der Waals surface area contributed by atoms with Gasteiger partial charge in [0, 0.05) is 37.0 Å². The average Bonchev–Trinajstić information content (AvgIpc) is 3.18. The van der Waals surface area contributed by atoms with Crippen LogP contribution >= 0.6 is 0 Å². The molecule has 0 aromatic carbocycles. The van der Waals surface area contributed by atoms with Crippen LogP contribution in [-0.2, 0) is 0 Å². The predicted molar refractivity (Wildman–Crippen MR) is 72.2 cm³/mol. The summed E-state index contributed by atoms with van der Waals surface area (Å²) in [4.78, 5) is 10.9. The van der Waals surface area contributed by atoms with Gasteiger partial charge in [0.05, 0.1) is 17.8 Å². The predicted octanol–water partition coefficient (Wildman–Crippen LogP) is 1.48. The van der Waals surface area contributed by atoms with Crippen molar-refractivity contribution in [3.8, 4) is 6.07 Å². The Morgan fingerprint density at radius 2 is 2.10 bits per heavy atom. The molecule has 2 aromatic rings. The fourth-order valence-electron chi connectivity index (χ4n) is 2.54. The Labute approximate surface area is 116 Å². The lowest BCUT2D eigenvalue weighted by atomic mass is 10.1. The van der Waals surface area contributed by atoms with E-state index in [2.05, 4.69) is 32.1 Å². The molecule has 1 aliphatic carbocycles. The number of hydrogen-bond acceptors (Lipinski definition) is 5. The van der Waals surface area contributed by atoms with Gasteiger partial charge in [-0.3, -0.25) is 4.68 Å². The van der Waals surface area contributed by atoms with Crippen molar-refractivity contribution in [3.63, 3.8) is 0 Å². The number of rotatable bonds is 3. The van der Waals surface area contributed by atoms with Gasteiger partial charge in [-0.25, -0.2) is 9.97 Å². The fourth-order valence-corrected chi connectivity index (χ4v) is 2.54. The van der Waals surface area contributed by atoms with Crippen molar-refractivity contribution in [1.82, 2.24) is 19.7 Å². The lowest BCUT2D eigenvalue weighted by Gasteiger charge is -2.40. The molecule has 3 heterocycles. The van der Waals surface area contributed by atoms with Crippen molar-refractivity contribution in [2.24, 2.45) is 0 Å². The van der Waals surface area contributed by atoms with Gasteiger partial charge in [-0.15, -0.1) is 0 Å². The Kier molecular flexibility index (Phi) is 2.46. The first kappa shape index (κ1) is 11.4. The number of anilines is 1. The molecule has 0 N–H and O–H groups in total. The summed E-state index contributed by atoms with van der Waals surface area (Å²) in [6.45, 7) is 1.77. The molecule has 0 spiro atoms. The van der Waals surface area contributed by atoms with Gasteiger partial charge >= 0.3 is 0 Å². The van der Waals surface area contributed by atoms with E-state index in [9.17, 15) is 0 Å². The molecular weight excluding hydrogens is 252 g/mol. The number of nitriles is 1. The Morgan fingerprint density at radius 3 is 2.80 bits per heavy atom. The van der Waals surface area contributed by atoms with E-state index in [1.807, 2.05) is 4.68 Å². The summed E-state index contributed by atoms with van der Waals surface area (Å²) in [7, 11) is 0. The SMILES string of the molecule is N#Cc1cnn(C2CN(c3cc(C4CC4)ncn3)C2)c1. The lowest BCUT2D eigenvalue weighted by molar-refractivity contribution is 0.365. The summed E-state index contributed by atoms with van der Waals surface area (Å²) in [6, 6.07) is 4.54. The largest absolute Gasteiger partial charge is 0.352 e. The minimum absolute atomic E-state index is 0.330. The molecule has 0 unspecified atom stereocenters. The summed E-state index contributed by atoms with van der Waals surface area (Å²) in [5.41, 5.74) is 1.78. The van der Waals surface area contributed by atoms with Crippen molar-refractivity contribution >= 4 is 5.82 Å². The third-order valence-electron chi connectivity index (χ3n) is 3.96. The minimum Gasteiger partial charge on any atom is -0.352 e. The Hall–Kier alpha value is -2.42. The van der Waals surface area contributed by atoms with Crippen LogP contribution in [0, 0.1) is 11.3 Å². The van der Waals surface area contributed by atoms with Gasteiger partial charge in [-0.1, -0.05) is 0 Å². The number of hydrogen-bond donors (Lipinski definition) is 0. The molecule has 20 heavy (non-hydrogen) atoms. The molecule has 100 valence electrons. The maximum atomic E-state index is 8.81. The first-order valence-corrected chi connectivity index (χ1v) is 6.84. The summed E-state index contributed by atoms with van der Waals surface area (Å²) < 4.78 is 1.87. The molecule has 2 aromatic heterocycles. The van der Waals surface area contributed by atoms with E-state index in [1.54, 1.807) is 18.7 Å². The normalized spacial score (nSPS) is 18.6. The van der Waals surface area contributed by atoms with E-state index in [4.69, 9.17) is 5.26 Å². The molecule has 0 amide bonds. The first-order valence-electron chi connectivity index (χ1n) is 6.84. The van der Waals surface area contributed by atoms with Crippen LogP contribution in [-0.4, -0.2) is 32.8 Å². The first-order chi connectivity index (χ1) is 9.83. The quantitative estimate of drug-likeness (QED) is 0.841. The summed E-state index contributed by atoms with van der Waals surface area (Å²) in [5, 5.41) is 13.0. The zero-order chi connectivity index (χ0) is 13.5. The van der Waals surface area contributed by atoms with E-state index in [0.717, 1.165) is 18.9 Å². The third-order valence-corrected chi connectivity index (χ3v) is 3.96. The van der Waals surface area contributed by atoms with E-state index in [1.165, 1.54) is 18.5 Å². The summed E-state index contributed by atoms with van der Waals surface area (Å²) >= 11 is 0. The zero-order valence-electron chi connectivity index (χ0n) is 11.0. The van der Waals surface area contributed by atoms with Crippen molar-refractivity contribution < 1.29 is 0 Å². The van der Waals surface area contributed by atoms with E-state index in [-0.39, 0.29) is 0 Å². The van der Waals surface area contributed by atoms with Crippen LogP contribution in [0.15, 0.2) is 24.8 Å². The fraction of sp³-hybridized carbons (Fsp3) is 0.429. The molecule has 1 saturated heterocycles. The highest BCUT2D eigenvalue weighted by molar-refractivity contribution is 5.43. The second-order valence-corrected chi connectivity index (χ2v) is 5.45. The second kappa shape index (κ2) is 4.30. The zero-order valence-corrected chi connectivity index (χ0v) is 11.0. The minimum atomic E-state index is 0.330. The molecular formula is C14H14N6. The van der Waals surface area contributed by atoms with Crippen molar-refractivity contribution in [2.75, 3.05) is 18.0 Å². The molecule has 0 bridgehead atoms.